The number of piperidine rings is 1. The number of likely N-dealkylation sites (tertiary alicyclic amines) is 1. The summed E-state index contributed by atoms with van der Waals surface area (Å²) in [7, 11) is 0. The number of nitrogens with zero attached hydrogens (tertiary/aromatic N) is 1. The SMILES string of the molecule is CC(NC(=O)N1CCCC(CO)C1)c1ccc(F)cc1F. The van der Waals surface area contributed by atoms with E-state index in [9.17, 15) is 13.6 Å². The second-order valence-corrected chi connectivity index (χ2v) is 5.47. The summed E-state index contributed by atoms with van der Waals surface area (Å²) >= 11 is 0. The summed E-state index contributed by atoms with van der Waals surface area (Å²) in [6, 6.07) is 2.48. The molecule has 0 aromatic heterocycles. The Morgan fingerprint density at radius 2 is 2.29 bits per heavy atom. The molecule has 4 nitrogen and oxygen atoms in total. The molecule has 0 bridgehead atoms. The van der Waals surface area contributed by atoms with Crippen LogP contribution in [-0.4, -0.2) is 35.7 Å². The van der Waals surface area contributed by atoms with Gasteiger partial charge in [0.1, 0.15) is 11.6 Å². The quantitative estimate of drug-likeness (QED) is 0.900. The van der Waals surface area contributed by atoms with Crippen LogP contribution in [0.5, 0.6) is 0 Å². The zero-order chi connectivity index (χ0) is 15.4. The van der Waals surface area contributed by atoms with Gasteiger partial charge in [-0.25, -0.2) is 13.6 Å². The molecule has 1 heterocycles. The van der Waals surface area contributed by atoms with E-state index in [0.717, 1.165) is 18.9 Å². The number of hydrogen-bond donors (Lipinski definition) is 2. The molecule has 2 amide bonds. The van der Waals surface area contributed by atoms with E-state index in [4.69, 9.17) is 5.11 Å². The lowest BCUT2D eigenvalue weighted by Crippen LogP contribution is -2.46. The molecule has 0 aliphatic carbocycles. The zero-order valence-corrected chi connectivity index (χ0v) is 12.0. The summed E-state index contributed by atoms with van der Waals surface area (Å²) in [4.78, 5) is 13.8. The van der Waals surface area contributed by atoms with Crippen molar-refractivity contribution < 1.29 is 18.7 Å². The highest BCUT2D eigenvalue weighted by molar-refractivity contribution is 5.74. The lowest BCUT2D eigenvalue weighted by Gasteiger charge is -2.32. The van der Waals surface area contributed by atoms with Gasteiger partial charge in [-0.05, 0) is 31.7 Å². The molecule has 0 spiro atoms. The Balaban J connectivity index is 1.98. The van der Waals surface area contributed by atoms with Crippen molar-refractivity contribution in [1.82, 2.24) is 10.2 Å². The van der Waals surface area contributed by atoms with Crippen LogP contribution in [0.3, 0.4) is 0 Å². The maximum Gasteiger partial charge on any atom is 0.317 e. The van der Waals surface area contributed by atoms with Gasteiger partial charge >= 0.3 is 6.03 Å². The van der Waals surface area contributed by atoms with Crippen LogP contribution in [0.4, 0.5) is 13.6 Å². The molecule has 6 heteroatoms. The smallest absolute Gasteiger partial charge is 0.317 e. The number of halogens is 2. The number of nitrogens with one attached hydrogen (secondary N) is 1. The van der Waals surface area contributed by atoms with Gasteiger partial charge in [0, 0.05) is 31.3 Å². The fourth-order valence-corrected chi connectivity index (χ4v) is 2.61. The van der Waals surface area contributed by atoms with Crippen molar-refractivity contribution in [3.8, 4) is 0 Å². The number of benzene rings is 1. The first kappa shape index (κ1) is 15.7. The van der Waals surface area contributed by atoms with Crippen LogP contribution in [-0.2, 0) is 0 Å². The first-order valence-corrected chi connectivity index (χ1v) is 7.12. The molecule has 2 rings (SSSR count). The molecule has 21 heavy (non-hydrogen) atoms. The molecule has 1 fully saturated rings. The predicted molar refractivity (Wildman–Crippen MR) is 74.7 cm³/mol. The van der Waals surface area contributed by atoms with Crippen LogP contribution >= 0.6 is 0 Å². The number of rotatable bonds is 3. The molecule has 2 N–H and O–H groups in total. The summed E-state index contributed by atoms with van der Waals surface area (Å²) in [5.74, 6) is -1.21. The Morgan fingerprint density at radius 3 is 2.95 bits per heavy atom. The number of urea groups is 1. The monoisotopic (exact) mass is 298 g/mol. The van der Waals surface area contributed by atoms with Crippen molar-refractivity contribution in [2.24, 2.45) is 5.92 Å². The van der Waals surface area contributed by atoms with E-state index in [1.165, 1.54) is 12.1 Å². The van der Waals surface area contributed by atoms with Crippen molar-refractivity contribution in [1.29, 1.82) is 0 Å². The van der Waals surface area contributed by atoms with Gasteiger partial charge in [0.25, 0.3) is 0 Å². The van der Waals surface area contributed by atoms with Crippen LogP contribution in [0.1, 0.15) is 31.4 Å². The normalized spacial score (nSPS) is 20.2. The molecule has 1 aliphatic heterocycles. The Hall–Kier alpha value is -1.69. The first-order valence-electron chi connectivity index (χ1n) is 7.12. The average molecular weight is 298 g/mol. The second-order valence-electron chi connectivity index (χ2n) is 5.47. The van der Waals surface area contributed by atoms with E-state index in [0.29, 0.717) is 13.1 Å². The third kappa shape index (κ3) is 3.91. The first-order chi connectivity index (χ1) is 10.0. The standard InChI is InChI=1S/C15H20F2N2O2/c1-10(13-5-4-12(16)7-14(13)17)18-15(21)19-6-2-3-11(8-19)9-20/h4-5,7,10-11,20H,2-3,6,8-9H2,1H3,(H,18,21). The summed E-state index contributed by atoms with van der Waals surface area (Å²) in [5, 5.41) is 11.9. The van der Waals surface area contributed by atoms with Gasteiger partial charge in [-0.3, -0.25) is 0 Å². The number of carbonyl (C=O) groups excluding carboxylic acids is 1. The van der Waals surface area contributed by atoms with Crippen LogP contribution in [0, 0.1) is 17.6 Å². The molecule has 116 valence electrons. The number of carbonyl (C=O) groups is 1. The highest BCUT2D eigenvalue weighted by atomic mass is 19.1. The molecule has 1 aromatic rings. The highest BCUT2D eigenvalue weighted by Gasteiger charge is 2.24. The van der Waals surface area contributed by atoms with Crippen LogP contribution < -0.4 is 5.32 Å². The number of amides is 2. The van der Waals surface area contributed by atoms with Gasteiger partial charge in [0.05, 0.1) is 6.04 Å². The minimum atomic E-state index is -0.672. The lowest BCUT2D eigenvalue weighted by molar-refractivity contribution is 0.128. The zero-order valence-electron chi connectivity index (χ0n) is 12.0. The Morgan fingerprint density at radius 1 is 1.52 bits per heavy atom. The minimum absolute atomic E-state index is 0.0614. The maximum absolute atomic E-state index is 13.7. The van der Waals surface area contributed by atoms with Crippen molar-refractivity contribution >= 4 is 6.03 Å². The fourth-order valence-electron chi connectivity index (χ4n) is 2.61. The average Bonchev–Trinajstić information content (AvgIpc) is 2.47. The second kappa shape index (κ2) is 6.85. The maximum atomic E-state index is 13.7. The topological polar surface area (TPSA) is 52.6 Å². The summed E-state index contributed by atoms with van der Waals surface area (Å²) < 4.78 is 26.6. The van der Waals surface area contributed by atoms with E-state index in [1.54, 1.807) is 11.8 Å². The van der Waals surface area contributed by atoms with Crippen LogP contribution in [0.2, 0.25) is 0 Å². The molecule has 1 aliphatic rings. The van der Waals surface area contributed by atoms with Crippen molar-refractivity contribution in [2.45, 2.75) is 25.8 Å². The van der Waals surface area contributed by atoms with E-state index < -0.39 is 17.7 Å². The van der Waals surface area contributed by atoms with Crippen molar-refractivity contribution in [3.63, 3.8) is 0 Å². The third-order valence-corrected chi connectivity index (χ3v) is 3.83. The van der Waals surface area contributed by atoms with Crippen molar-refractivity contribution in [3.05, 3.63) is 35.4 Å². The van der Waals surface area contributed by atoms with Gasteiger partial charge < -0.3 is 15.3 Å². The fraction of sp³-hybridized carbons (Fsp3) is 0.533. The number of aliphatic hydroxyl groups excluding tert-OH is 1. The Labute approximate surface area is 122 Å². The van der Waals surface area contributed by atoms with Gasteiger partial charge in [-0.1, -0.05) is 6.07 Å². The number of aliphatic hydroxyl groups is 1. The van der Waals surface area contributed by atoms with Gasteiger partial charge in [0.2, 0.25) is 0 Å². The van der Waals surface area contributed by atoms with Crippen molar-refractivity contribution in [2.75, 3.05) is 19.7 Å². The molecule has 1 saturated heterocycles. The van der Waals surface area contributed by atoms with E-state index >= 15 is 0 Å². The molecule has 0 radical (unpaired) electrons. The summed E-state index contributed by atoms with van der Waals surface area (Å²) in [6.07, 6.45) is 1.75. The van der Waals surface area contributed by atoms with Gasteiger partial charge in [-0.2, -0.15) is 0 Å². The molecular formula is C15H20F2N2O2. The Bertz CT molecular complexity index is 510. The lowest BCUT2D eigenvalue weighted by atomic mass is 9.99. The highest BCUT2D eigenvalue weighted by Crippen LogP contribution is 2.20. The molecular weight excluding hydrogens is 278 g/mol. The third-order valence-electron chi connectivity index (χ3n) is 3.83. The molecule has 1 aromatic carbocycles. The van der Waals surface area contributed by atoms with Crippen LogP contribution in [0.25, 0.3) is 0 Å². The van der Waals surface area contributed by atoms with Gasteiger partial charge in [-0.15, -0.1) is 0 Å². The molecule has 2 unspecified atom stereocenters. The molecule has 0 saturated carbocycles. The summed E-state index contributed by atoms with van der Waals surface area (Å²) in [5.41, 5.74) is 0.250. The number of hydrogen-bond acceptors (Lipinski definition) is 2. The van der Waals surface area contributed by atoms with Crippen LogP contribution in [0.15, 0.2) is 18.2 Å². The van der Waals surface area contributed by atoms with E-state index in [2.05, 4.69) is 5.32 Å². The minimum Gasteiger partial charge on any atom is -0.396 e. The Kier molecular flexibility index (Phi) is 5.12. The van der Waals surface area contributed by atoms with Gasteiger partial charge in [0.15, 0.2) is 0 Å². The van der Waals surface area contributed by atoms with E-state index in [1.807, 2.05) is 0 Å². The predicted octanol–water partition coefficient (Wildman–Crippen LogP) is 2.44. The summed E-state index contributed by atoms with van der Waals surface area (Å²) in [6.45, 7) is 2.84. The molecule has 2 atom stereocenters. The van der Waals surface area contributed by atoms with E-state index in [-0.39, 0.29) is 24.1 Å². The largest absolute Gasteiger partial charge is 0.396 e.